The van der Waals surface area contributed by atoms with E-state index < -0.39 is 29.8 Å². The van der Waals surface area contributed by atoms with Crippen LogP contribution in [-0.4, -0.2) is 24.8 Å². The molecule has 3 aromatic carbocycles. The van der Waals surface area contributed by atoms with E-state index in [0.29, 0.717) is 29.1 Å². The van der Waals surface area contributed by atoms with Crippen molar-refractivity contribution < 1.29 is 23.5 Å². The van der Waals surface area contributed by atoms with Crippen LogP contribution in [0.15, 0.2) is 77.8 Å². The van der Waals surface area contributed by atoms with Gasteiger partial charge in [0.1, 0.15) is 12.5 Å². The Morgan fingerprint density at radius 1 is 1.03 bits per heavy atom. The SMILES string of the molecule is COc1ccc(C2NC(=O)N=C(CCc3cccc(Cl)c3)C2C(=O)OCc2ccccc2)cc1F. The van der Waals surface area contributed by atoms with Crippen molar-refractivity contribution in [3.05, 3.63) is 100 Å². The molecular weight excluding hydrogens is 471 g/mol. The zero-order valence-corrected chi connectivity index (χ0v) is 19.8. The quantitative estimate of drug-likeness (QED) is 0.408. The molecule has 3 aromatic rings. The highest BCUT2D eigenvalue weighted by Crippen LogP contribution is 2.32. The van der Waals surface area contributed by atoms with Crippen LogP contribution in [0.4, 0.5) is 9.18 Å². The van der Waals surface area contributed by atoms with Gasteiger partial charge in [-0.2, -0.15) is 0 Å². The monoisotopic (exact) mass is 494 g/mol. The van der Waals surface area contributed by atoms with Crippen molar-refractivity contribution in [1.82, 2.24) is 5.32 Å². The molecule has 1 heterocycles. The third-order valence-electron chi connectivity index (χ3n) is 5.79. The maximum atomic E-state index is 14.5. The van der Waals surface area contributed by atoms with E-state index in [9.17, 15) is 14.0 Å². The maximum absolute atomic E-state index is 14.5. The van der Waals surface area contributed by atoms with Gasteiger partial charge in [-0.15, -0.1) is 0 Å². The van der Waals surface area contributed by atoms with E-state index in [0.717, 1.165) is 11.1 Å². The lowest BCUT2D eigenvalue weighted by Crippen LogP contribution is -2.45. The molecule has 8 heteroatoms. The number of hydrogen-bond donors (Lipinski definition) is 1. The average molecular weight is 495 g/mol. The number of ether oxygens (including phenoxy) is 2. The lowest BCUT2D eigenvalue weighted by Gasteiger charge is -2.31. The van der Waals surface area contributed by atoms with Gasteiger partial charge in [-0.3, -0.25) is 4.79 Å². The first-order chi connectivity index (χ1) is 16.9. The summed E-state index contributed by atoms with van der Waals surface area (Å²) in [4.78, 5) is 30.0. The molecular formula is C27H24ClFN2O4. The molecule has 6 nitrogen and oxygen atoms in total. The molecule has 35 heavy (non-hydrogen) atoms. The normalized spacial score (nSPS) is 17.3. The molecule has 4 rings (SSSR count). The molecule has 0 radical (unpaired) electrons. The molecule has 2 unspecified atom stereocenters. The highest BCUT2D eigenvalue weighted by Gasteiger charge is 2.40. The number of esters is 1. The molecule has 0 saturated carbocycles. The zero-order valence-electron chi connectivity index (χ0n) is 19.0. The predicted octanol–water partition coefficient (Wildman–Crippen LogP) is 5.69. The van der Waals surface area contributed by atoms with Crippen molar-refractivity contribution in [2.24, 2.45) is 10.9 Å². The lowest BCUT2D eigenvalue weighted by molar-refractivity contribution is -0.148. The van der Waals surface area contributed by atoms with Gasteiger partial charge in [0.2, 0.25) is 0 Å². The summed E-state index contributed by atoms with van der Waals surface area (Å²) in [5, 5.41) is 3.30. The van der Waals surface area contributed by atoms with Gasteiger partial charge in [-0.1, -0.05) is 60.1 Å². The fourth-order valence-corrected chi connectivity index (χ4v) is 4.27. The van der Waals surface area contributed by atoms with Crippen LogP contribution in [0.25, 0.3) is 0 Å². The second-order valence-corrected chi connectivity index (χ2v) is 8.56. The second kappa shape index (κ2) is 11.1. The summed E-state index contributed by atoms with van der Waals surface area (Å²) in [6, 6.07) is 19.5. The number of carbonyl (C=O) groups excluding carboxylic acids is 2. The van der Waals surface area contributed by atoms with Gasteiger partial charge >= 0.3 is 12.0 Å². The first-order valence-electron chi connectivity index (χ1n) is 11.1. The number of aliphatic imine (C=N–C) groups is 1. The van der Waals surface area contributed by atoms with Crippen LogP contribution in [0, 0.1) is 11.7 Å². The number of carbonyl (C=O) groups is 2. The fourth-order valence-electron chi connectivity index (χ4n) is 4.06. The standard InChI is InChI=1S/C27H24ClFN2O4/c1-34-23-13-11-19(15-21(23)29)25-24(26(32)35-16-18-6-3-2-4-7-18)22(30-27(33)31-25)12-10-17-8-5-9-20(28)14-17/h2-9,11,13-15,24-25H,10,12,16H2,1H3,(H,31,33). The molecule has 0 bridgehead atoms. The molecule has 1 aliphatic heterocycles. The molecule has 0 fully saturated rings. The number of methoxy groups -OCH3 is 1. The minimum absolute atomic E-state index is 0.0638. The van der Waals surface area contributed by atoms with Crippen molar-refractivity contribution in [3.63, 3.8) is 0 Å². The van der Waals surface area contributed by atoms with Gasteiger partial charge in [0.15, 0.2) is 11.6 Å². The summed E-state index contributed by atoms with van der Waals surface area (Å²) < 4.78 is 25.1. The molecule has 180 valence electrons. The van der Waals surface area contributed by atoms with E-state index in [1.54, 1.807) is 12.1 Å². The topological polar surface area (TPSA) is 77.0 Å². The number of urea groups is 1. The number of nitrogens with zero attached hydrogens (tertiary/aromatic N) is 1. The minimum Gasteiger partial charge on any atom is -0.494 e. The number of aryl methyl sites for hydroxylation is 1. The number of benzene rings is 3. The van der Waals surface area contributed by atoms with Crippen LogP contribution in [-0.2, 0) is 22.6 Å². The van der Waals surface area contributed by atoms with Crippen LogP contribution in [0.2, 0.25) is 5.02 Å². The molecule has 1 aliphatic rings. The van der Waals surface area contributed by atoms with E-state index in [2.05, 4.69) is 10.3 Å². The Balaban J connectivity index is 1.63. The first-order valence-corrected chi connectivity index (χ1v) is 11.5. The number of amides is 2. The van der Waals surface area contributed by atoms with E-state index in [-0.39, 0.29) is 12.4 Å². The minimum atomic E-state index is -0.927. The molecule has 1 N–H and O–H groups in total. The summed E-state index contributed by atoms with van der Waals surface area (Å²) in [6.45, 7) is 0.0649. The van der Waals surface area contributed by atoms with Gasteiger partial charge in [-0.25, -0.2) is 14.2 Å². The third-order valence-corrected chi connectivity index (χ3v) is 6.02. The Bertz CT molecular complexity index is 1250. The number of hydrogen-bond acceptors (Lipinski definition) is 4. The van der Waals surface area contributed by atoms with Gasteiger partial charge in [0.05, 0.1) is 13.2 Å². The summed E-state index contributed by atoms with van der Waals surface area (Å²) in [6.07, 6.45) is 0.840. The van der Waals surface area contributed by atoms with Crippen LogP contribution in [0.1, 0.15) is 29.2 Å². The van der Waals surface area contributed by atoms with E-state index in [4.69, 9.17) is 21.1 Å². The van der Waals surface area contributed by atoms with Crippen molar-refractivity contribution in [1.29, 1.82) is 0 Å². The van der Waals surface area contributed by atoms with E-state index >= 15 is 0 Å². The Hall–Kier alpha value is -3.71. The molecule has 0 aliphatic carbocycles. The third kappa shape index (κ3) is 6.05. The van der Waals surface area contributed by atoms with Gasteiger partial charge in [0, 0.05) is 10.7 Å². The van der Waals surface area contributed by atoms with Crippen molar-refractivity contribution >= 4 is 29.3 Å². The Morgan fingerprint density at radius 2 is 1.80 bits per heavy atom. The smallest absolute Gasteiger partial charge is 0.341 e. The Kier molecular flexibility index (Phi) is 7.77. The highest BCUT2D eigenvalue weighted by molar-refractivity contribution is 6.30. The number of rotatable bonds is 8. The van der Waals surface area contributed by atoms with E-state index in [1.165, 1.54) is 19.2 Å². The largest absolute Gasteiger partial charge is 0.494 e. The van der Waals surface area contributed by atoms with Crippen LogP contribution in [0.3, 0.4) is 0 Å². The predicted molar refractivity (Wildman–Crippen MR) is 131 cm³/mol. The summed E-state index contributed by atoms with van der Waals surface area (Å²) in [5.41, 5.74) is 2.54. The Labute approximate surface area is 207 Å². The van der Waals surface area contributed by atoms with Crippen LogP contribution < -0.4 is 10.1 Å². The lowest BCUT2D eigenvalue weighted by atomic mass is 9.85. The van der Waals surface area contributed by atoms with Gasteiger partial charge < -0.3 is 14.8 Å². The van der Waals surface area contributed by atoms with Gasteiger partial charge in [-0.05, 0) is 53.8 Å². The van der Waals surface area contributed by atoms with Crippen LogP contribution in [0.5, 0.6) is 5.75 Å². The fraction of sp³-hybridized carbons (Fsp3) is 0.222. The molecule has 0 aromatic heterocycles. The number of nitrogens with one attached hydrogen (secondary N) is 1. The second-order valence-electron chi connectivity index (χ2n) is 8.13. The van der Waals surface area contributed by atoms with Crippen molar-refractivity contribution in [2.75, 3.05) is 7.11 Å². The zero-order chi connectivity index (χ0) is 24.8. The first kappa shape index (κ1) is 24.4. The molecule has 2 amide bonds. The van der Waals surface area contributed by atoms with Crippen molar-refractivity contribution in [2.45, 2.75) is 25.5 Å². The van der Waals surface area contributed by atoms with Gasteiger partial charge in [0.25, 0.3) is 0 Å². The van der Waals surface area contributed by atoms with Crippen molar-refractivity contribution in [3.8, 4) is 5.75 Å². The van der Waals surface area contributed by atoms with Crippen LogP contribution >= 0.6 is 11.6 Å². The maximum Gasteiger partial charge on any atom is 0.341 e. The molecule has 0 spiro atoms. The summed E-state index contributed by atoms with van der Waals surface area (Å²) in [5.74, 6) is -2.02. The summed E-state index contributed by atoms with van der Waals surface area (Å²) in [7, 11) is 1.37. The molecule has 0 saturated heterocycles. The number of halogens is 2. The van der Waals surface area contributed by atoms with E-state index in [1.807, 2.05) is 48.5 Å². The summed E-state index contributed by atoms with van der Waals surface area (Å²) >= 11 is 6.10. The average Bonchev–Trinajstić information content (AvgIpc) is 2.86. The molecule has 2 atom stereocenters. The highest BCUT2D eigenvalue weighted by atomic mass is 35.5. The Morgan fingerprint density at radius 3 is 2.51 bits per heavy atom.